The van der Waals surface area contributed by atoms with Crippen LogP contribution in [0, 0.1) is 12.3 Å². The lowest BCUT2D eigenvalue weighted by molar-refractivity contribution is -0.140. The summed E-state index contributed by atoms with van der Waals surface area (Å²) in [5, 5.41) is 4.40. The number of nitrogens with one attached hydrogen (secondary N) is 1. The zero-order valence-electron chi connectivity index (χ0n) is 20.5. The van der Waals surface area contributed by atoms with Crippen molar-refractivity contribution in [2.75, 3.05) is 23.3 Å². The fourth-order valence-corrected chi connectivity index (χ4v) is 5.76. The maximum absolute atomic E-state index is 13.7. The highest BCUT2D eigenvalue weighted by atomic mass is 35.5. The van der Waals surface area contributed by atoms with Crippen molar-refractivity contribution in [3.8, 4) is 0 Å². The van der Waals surface area contributed by atoms with E-state index in [4.69, 9.17) is 16.6 Å². The van der Waals surface area contributed by atoms with Crippen LogP contribution in [0.25, 0.3) is 22.6 Å². The van der Waals surface area contributed by atoms with Gasteiger partial charge < -0.3 is 10.2 Å². The molecule has 1 aliphatic heterocycles. The van der Waals surface area contributed by atoms with Crippen LogP contribution in [0.5, 0.6) is 0 Å². The second-order valence-electron chi connectivity index (χ2n) is 10.3. The fourth-order valence-electron chi connectivity index (χ4n) is 5.60. The number of pyridine rings is 1. The highest BCUT2D eigenvalue weighted by molar-refractivity contribution is 6.29. The van der Waals surface area contributed by atoms with Crippen molar-refractivity contribution >= 4 is 45.9 Å². The Morgan fingerprint density at radius 1 is 1.16 bits per heavy atom. The van der Waals surface area contributed by atoms with Crippen molar-refractivity contribution in [3.63, 3.8) is 0 Å². The molecule has 6 nitrogen and oxygen atoms in total. The van der Waals surface area contributed by atoms with E-state index in [2.05, 4.69) is 26.8 Å². The monoisotopic (exact) mass is 526 g/mol. The zero-order chi connectivity index (χ0) is 26.1. The number of halogens is 4. The van der Waals surface area contributed by atoms with E-state index in [1.807, 2.05) is 32.0 Å². The summed E-state index contributed by atoms with van der Waals surface area (Å²) in [5.41, 5.74) is 3.38. The third-order valence-electron chi connectivity index (χ3n) is 7.62. The van der Waals surface area contributed by atoms with Crippen molar-refractivity contribution in [1.82, 2.24) is 19.4 Å². The first-order valence-electron chi connectivity index (χ1n) is 12.3. The zero-order valence-corrected chi connectivity index (χ0v) is 21.3. The van der Waals surface area contributed by atoms with Crippen LogP contribution in [0.2, 0.25) is 5.15 Å². The SMILES string of the molecule is C=Cc1nc(Cl)ccc1NC(C)c1cc(C)cc2c1nc(N1CC3(CCC3)C1)n1cc(C(F)(F)F)nc21. The molecule has 192 valence electrons. The predicted octanol–water partition coefficient (Wildman–Crippen LogP) is 7.06. The summed E-state index contributed by atoms with van der Waals surface area (Å²) in [4.78, 5) is 15.4. The number of hydrogen-bond donors (Lipinski definition) is 1. The molecule has 3 aromatic heterocycles. The highest BCUT2D eigenvalue weighted by Gasteiger charge is 2.48. The Labute approximate surface area is 217 Å². The van der Waals surface area contributed by atoms with E-state index in [0.29, 0.717) is 27.7 Å². The van der Waals surface area contributed by atoms with Crippen LogP contribution >= 0.6 is 11.6 Å². The van der Waals surface area contributed by atoms with Gasteiger partial charge in [0.1, 0.15) is 10.8 Å². The molecule has 1 N–H and O–H groups in total. The van der Waals surface area contributed by atoms with Crippen molar-refractivity contribution < 1.29 is 13.2 Å². The van der Waals surface area contributed by atoms with Crippen molar-refractivity contribution in [3.05, 3.63) is 64.7 Å². The topological polar surface area (TPSA) is 58.4 Å². The van der Waals surface area contributed by atoms with Gasteiger partial charge in [-0.1, -0.05) is 30.7 Å². The lowest BCUT2D eigenvalue weighted by Gasteiger charge is -2.56. The smallest absolute Gasteiger partial charge is 0.377 e. The molecule has 2 aliphatic rings. The van der Waals surface area contributed by atoms with Crippen molar-refractivity contribution in [2.45, 2.75) is 45.3 Å². The maximum atomic E-state index is 13.7. The molecule has 0 bridgehead atoms. The van der Waals surface area contributed by atoms with Gasteiger partial charge in [-0.05, 0) is 56.5 Å². The van der Waals surface area contributed by atoms with Gasteiger partial charge in [0.2, 0.25) is 5.95 Å². The number of aromatic nitrogens is 4. The minimum Gasteiger partial charge on any atom is -0.377 e. The first-order chi connectivity index (χ1) is 17.6. The number of aryl methyl sites for hydroxylation is 1. The first-order valence-corrected chi connectivity index (χ1v) is 12.7. The summed E-state index contributed by atoms with van der Waals surface area (Å²) >= 11 is 6.05. The Morgan fingerprint density at radius 3 is 2.57 bits per heavy atom. The summed E-state index contributed by atoms with van der Waals surface area (Å²) in [5.74, 6) is 0.500. The molecule has 10 heteroatoms. The second-order valence-corrected chi connectivity index (χ2v) is 10.7. The molecule has 4 aromatic rings. The molecule has 1 saturated heterocycles. The molecule has 1 unspecified atom stereocenters. The van der Waals surface area contributed by atoms with E-state index in [0.717, 1.165) is 48.9 Å². The number of benzene rings is 1. The molecule has 1 aliphatic carbocycles. The summed E-state index contributed by atoms with van der Waals surface area (Å²) < 4.78 is 42.7. The number of imidazole rings is 1. The third-order valence-corrected chi connectivity index (χ3v) is 7.83. The molecular formula is C27H26ClF3N6. The van der Waals surface area contributed by atoms with Gasteiger partial charge >= 0.3 is 6.18 Å². The Kier molecular flexibility index (Phi) is 5.42. The van der Waals surface area contributed by atoms with E-state index in [1.165, 1.54) is 10.8 Å². The Hall–Kier alpha value is -3.33. The third kappa shape index (κ3) is 4.00. The van der Waals surface area contributed by atoms with Crippen LogP contribution in [0.4, 0.5) is 24.8 Å². The van der Waals surface area contributed by atoms with Gasteiger partial charge in [0.15, 0.2) is 5.69 Å². The van der Waals surface area contributed by atoms with E-state index >= 15 is 0 Å². The standard InChI is InChI=1S/C27H26ClF3N6/c1-4-19-20(6-7-22(28)33-19)32-16(3)17-10-15(2)11-18-23(17)35-25(36-13-26(14-36)8-5-9-26)37-12-21(27(29,30)31)34-24(18)37/h4,6-7,10-12,16,32H,1,5,8-9,13-14H2,2-3H3. The fraction of sp³-hybridized carbons (Fsp3) is 0.370. The van der Waals surface area contributed by atoms with E-state index < -0.39 is 11.9 Å². The molecule has 4 heterocycles. The van der Waals surface area contributed by atoms with Gasteiger partial charge in [0, 0.05) is 35.7 Å². The Bertz CT molecular complexity index is 1550. The van der Waals surface area contributed by atoms with Crippen molar-refractivity contribution in [1.29, 1.82) is 0 Å². The summed E-state index contributed by atoms with van der Waals surface area (Å²) in [6, 6.07) is 7.16. The number of alkyl halides is 3. The Morgan fingerprint density at radius 2 is 1.92 bits per heavy atom. The van der Waals surface area contributed by atoms with Crippen LogP contribution in [0.1, 0.15) is 54.7 Å². The van der Waals surface area contributed by atoms with E-state index in [-0.39, 0.29) is 17.1 Å². The maximum Gasteiger partial charge on any atom is 0.434 e. The molecule has 1 spiro atoms. The van der Waals surface area contributed by atoms with Gasteiger partial charge in [-0.3, -0.25) is 4.40 Å². The number of nitrogens with zero attached hydrogens (tertiary/aromatic N) is 5. The molecule has 37 heavy (non-hydrogen) atoms. The number of anilines is 2. The second kappa shape index (κ2) is 8.34. The number of fused-ring (bicyclic) bond motifs is 3. The van der Waals surface area contributed by atoms with Crippen LogP contribution < -0.4 is 10.2 Å². The van der Waals surface area contributed by atoms with Crippen LogP contribution in [0.15, 0.2) is 37.0 Å². The molecule has 1 atom stereocenters. The number of rotatable bonds is 5. The molecule has 0 amide bonds. The lowest BCUT2D eigenvalue weighted by atomic mass is 9.64. The average molecular weight is 527 g/mol. The van der Waals surface area contributed by atoms with Crippen LogP contribution in [-0.2, 0) is 6.18 Å². The van der Waals surface area contributed by atoms with Gasteiger partial charge in [0.05, 0.1) is 22.9 Å². The van der Waals surface area contributed by atoms with E-state index in [1.54, 1.807) is 12.1 Å². The minimum atomic E-state index is -4.55. The van der Waals surface area contributed by atoms with Gasteiger partial charge in [-0.2, -0.15) is 13.2 Å². The molecule has 2 fully saturated rings. The van der Waals surface area contributed by atoms with Gasteiger partial charge in [-0.15, -0.1) is 0 Å². The summed E-state index contributed by atoms with van der Waals surface area (Å²) in [7, 11) is 0. The van der Waals surface area contributed by atoms with Gasteiger partial charge in [-0.25, -0.2) is 15.0 Å². The molecule has 6 rings (SSSR count). The van der Waals surface area contributed by atoms with Crippen LogP contribution in [-0.4, -0.2) is 32.4 Å². The number of hydrogen-bond acceptors (Lipinski definition) is 5. The average Bonchev–Trinajstić information content (AvgIpc) is 3.25. The highest BCUT2D eigenvalue weighted by Crippen LogP contribution is 2.49. The van der Waals surface area contributed by atoms with Crippen molar-refractivity contribution in [2.24, 2.45) is 5.41 Å². The summed E-state index contributed by atoms with van der Waals surface area (Å²) in [6.45, 7) is 9.33. The quantitative estimate of drug-likeness (QED) is 0.282. The molecule has 0 radical (unpaired) electrons. The largest absolute Gasteiger partial charge is 0.434 e. The summed E-state index contributed by atoms with van der Waals surface area (Å²) in [6.07, 6.45) is 1.66. The molecule has 1 saturated carbocycles. The molecule has 1 aromatic carbocycles. The molecular weight excluding hydrogens is 501 g/mol. The lowest BCUT2D eigenvalue weighted by Crippen LogP contribution is -2.60. The predicted molar refractivity (Wildman–Crippen MR) is 140 cm³/mol. The van der Waals surface area contributed by atoms with Gasteiger partial charge in [0.25, 0.3) is 0 Å². The normalized spacial score (nSPS) is 17.6. The van der Waals surface area contributed by atoms with Crippen LogP contribution in [0.3, 0.4) is 0 Å². The minimum absolute atomic E-state index is 0.238. The Balaban J connectivity index is 1.51. The van der Waals surface area contributed by atoms with E-state index in [9.17, 15) is 13.2 Å². The first kappa shape index (κ1) is 24.0.